The van der Waals surface area contributed by atoms with Crippen molar-refractivity contribution in [1.29, 1.82) is 0 Å². The van der Waals surface area contributed by atoms with E-state index in [9.17, 15) is 10.2 Å². The summed E-state index contributed by atoms with van der Waals surface area (Å²) in [4.78, 5) is 2.09. The lowest BCUT2D eigenvalue weighted by molar-refractivity contribution is 0.0536. The van der Waals surface area contributed by atoms with Crippen LogP contribution in [0.5, 0.6) is 11.5 Å². The molecule has 0 aromatic heterocycles. The first-order valence-corrected chi connectivity index (χ1v) is 13.1. The van der Waals surface area contributed by atoms with Crippen molar-refractivity contribution in [2.75, 3.05) is 31.3 Å². The largest absolute Gasteiger partial charge is 0.491 e. The van der Waals surface area contributed by atoms with Gasteiger partial charge in [-0.3, -0.25) is 0 Å². The summed E-state index contributed by atoms with van der Waals surface area (Å²) >= 11 is 0. The fourth-order valence-corrected chi connectivity index (χ4v) is 3.92. The normalized spacial score (nSPS) is 12.7. The molecule has 0 radical (unpaired) electrons. The van der Waals surface area contributed by atoms with E-state index in [0.717, 1.165) is 28.2 Å². The van der Waals surface area contributed by atoms with E-state index in [4.69, 9.17) is 19.7 Å². The van der Waals surface area contributed by atoms with Crippen LogP contribution in [0, 0.1) is 6.92 Å². The summed E-state index contributed by atoms with van der Waals surface area (Å²) < 4.78 is 11.1. The molecular weight excluding hydrogens is 506 g/mol. The van der Waals surface area contributed by atoms with Crippen LogP contribution in [0.3, 0.4) is 0 Å². The summed E-state index contributed by atoms with van der Waals surface area (Å²) in [6.45, 7) is 1.36. The standard InChI is InChI=1S/C33H35NO6/c1-24-2-4-25(5-3-24)6-7-26-8-10-27(11-9-26)34(28-12-16-32(17-13-28)39-22-30(37)20-35)29-14-18-33(19-15-29)40-23-31(38)21-36/h2-19,30-31,35-38H,20-23H2,1H3. The number of aryl methyl sites for hydroxylation is 1. The minimum absolute atomic E-state index is 0.00354. The molecule has 40 heavy (non-hydrogen) atoms. The molecule has 4 aromatic carbocycles. The third-order valence-corrected chi connectivity index (χ3v) is 6.19. The molecule has 7 nitrogen and oxygen atoms in total. The predicted octanol–water partition coefficient (Wildman–Crippen LogP) is 5.10. The first-order chi connectivity index (χ1) is 19.4. The van der Waals surface area contributed by atoms with Gasteiger partial charge < -0.3 is 34.8 Å². The van der Waals surface area contributed by atoms with Crippen molar-refractivity contribution in [2.24, 2.45) is 0 Å². The summed E-state index contributed by atoms with van der Waals surface area (Å²) in [6, 6.07) is 31.6. The van der Waals surface area contributed by atoms with Gasteiger partial charge in [0.1, 0.15) is 36.9 Å². The molecule has 208 valence electrons. The van der Waals surface area contributed by atoms with Gasteiger partial charge in [-0.25, -0.2) is 0 Å². The Kier molecular flexibility index (Phi) is 10.3. The van der Waals surface area contributed by atoms with Crippen molar-refractivity contribution in [3.8, 4) is 11.5 Å². The molecule has 0 saturated carbocycles. The number of hydrogen-bond donors (Lipinski definition) is 4. The maximum atomic E-state index is 9.58. The highest BCUT2D eigenvalue weighted by Gasteiger charge is 2.14. The molecule has 0 heterocycles. The van der Waals surface area contributed by atoms with Crippen molar-refractivity contribution >= 4 is 29.2 Å². The molecule has 0 aliphatic rings. The lowest BCUT2D eigenvalue weighted by atomic mass is 10.1. The predicted molar refractivity (Wildman–Crippen MR) is 158 cm³/mol. The summed E-state index contributed by atoms with van der Waals surface area (Å²) in [7, 11) is 0. The van der Waals surface area contributed by atoms with Gasteiger partial charge in [-0.05, 0) is 78.7 Å². The zero-order valence-corrected chi connectivity index (χ0v) is 22.4. The lowest BCUT2D eigenvalue weighted by Crippen LogP contribution is -2.21. The molecule has 2 unspecified atom stereocenters. The number of rotatable bonds is 13. The Labute approximate surface area is 234 Å². The van der Waals surface area contributed by atoms with Gasteiger partial charge in [-0.15, -0.1) is 0 Å². The van der Waals surface area contributed by atoms with E-state index in [2.05, 4.69) is 72.5 Å². The molecule has 0 spiro atoms. The third-order valence-electron chi connectivity index (χ3n) is 6.19. The van der Waals surface area contributed by atoms with Gasteiger partial charge in [-0.2, -0.15) is 0 Å². The SMILES string of the molecule is Cc1ccc(C=Cc2ccc(N(c3ccc(OCC(O)CO)cc3)c3ccc(OCC(O)CO)cc3)cc2)cc1. The fraction of sp³-hybridized carbons (Fsp3) is 0.212. The molecule has 4 N–H and O–H groups in total. The third kappa shape index (κ3) is 8.18. The van der Waals surface area contributed by atoms with Crippen molar-refractivity contribution < 1.29 is 29.9 Å². The Balaban J connectivity index is 1.58. The molecule has 7 heteroatoms. The second-order valence-corrected chi connectivity index (χ2v) is 9.45. The van der Waals surface area contributed by atoms with Gasteiger partial charge in [0, 0.05) is 17.1 Å². The van der Waals surface area contributed by atoms with Crippen LogP contribution in [0.4, 0.5) is 17.1 Å². The van der Waals surface area contributed by atoms with E-state index < -0.39 is 12.2 Å². The minimum atomic E-state index is -0.936. The van der Waals surface area contributed by atoms with Crippen LogP contribution in [-0.4, -0.2) is 59.1 Å². The van der Waals surface area contributed by atoms with Crippen LogP contribution in [-0.2, 0) is 0 Å². The fourth-order valence-electron chi connectivity index (χ4n) is 3.92. The molecule has 0 aliphatic carbocycles. The van der Waals surface area contributed by atoms with Gasteiger partial charge in [0.15, 0.2) is 0 Å². The molecule has 0 bridgehead atoms. The molecule has 0 saturated heterocycles. The lowest BCUT2D eigenvalue weighted by Gasteiger charge is -2.26. The minimum Gasteiger partial charge on any atom is -0.491 e. The van der Waals surface area contributed by atoms with Gasteiger partial charge in [0.25, 0.3) is 0 Å². The Morgan fingerprint density at radius 2 is 0.925 bits per heavy atom. The van der Waals surface area contributed by atoms with Gasteiger partial charge >= 0.3 is 0 Å². The molecular formula is C33H35NO6. The molecule has 0 amide bonds. The summed E-state index contributed by atoms with van der Waals surface area (Å²) in [5.41, 5.74) is 6.16. The second-order valence-electron chi connectivity index (χ2n) is 9.45. The Morgan fingerprint density at radius 1 is 0.575 bits per heavy atom. The zero-order chi connectivity index (χ0) is 28.3. The number of aliphatic hydroxyl groups is 4. The Hall–Kier alpha value is -4.14. The summed E-state index contributed by atoms with van der Waals surface area (Å²) in [5, 5.41) is 37.2. The summed E-state index contributed by atoms with van der Waals surface area (Å²) in [5.74, 6) is 1.16. The number of aliphatic hydroxyl groups excluding tert-OH is 4. The van der Waals surface area contributed by atoms with E-state index >= 15 is 0 Å². The monoisotopic (exact) mass is 541 g/mol. The van der Waals surface area contributed by atoms with Gasteiger partial charge in [-0.1, -0.05) is 54.1 Å². The van der Waals surface area contributed by atoms with Gasteiger partial charge in [0.2, 0.25) is 0 Å². The number of anilines is 3. The maximum absolute atomic E-state index is 9.58. The van der Waals surface area contributed by atoms with E-state index in [0.29, 0.717) is 11.5 Å². The highest BCUT2D eigenvalue weighted by molar-refractivity contribution is 5.78. The van der Waals surface area contributed by atoms with Crippen molar-refractivity contribution in [2.45, 2.75) is 19.1 Å². The van der Waals surface area contributed by atoms with Crippen molar-refractivity contribution in [3.05, 3.63) is 114 Å². The molecule has 4 rings (SSSR count). The Morgan fingerprint density at radius 3 is 1.30 bits per heavy atom. The van der Waals surface area contributed by atoms with Crippen LogP contribution < -0.4 is 14.4 Å². The molecule has 0 fully saturated rings. The van der Waals surface area contributed by atoms with Crippen LogP contribution in [0.2, 0.25) is 0 Å². The molecule has 0 aliphatic heterocycles. The van der Waals surface area contributed by atoms with Crippen LogP contribution in [0.15, 0.2) is 97.1 Å². The Bertz CT molecular complexity index is 1280. The molecule has 2 atom stereocenters. The van der Waals surface area contributed by atoms with E-state index in [1.807, 2.05) is 48.5 Å². The highest BCUT2D eigenvalue weighted by atomic mass is 16.5. The first-order valence-electron chi connectivity index (χ1n) is 13.1. The summed E-state index contributed by atoms with van der Waals surface area (Å²) in [6.07, 6.45) is 2.30. The number of hydrogen-bond acceptors (Lipinski definition) is 7. The number of benzene rings is 4. The quantitative estimate of drug-likeness (QED) is 0.175. The zero-order valence-electron chi connectivity index (χ0n) is 22.4. The topological polar surface area (TPSA) is 103 Å². The number of ether oxygens (including phenoxy) is 2. The average Bonchev–Trinajstić information content (AvgIpc) is 3.00. The molecule has 4 aromatic rings. The van der Waals surface area contributed by atoms with E-state index in [1.54, 1.807) is 0 Å². The van der Waals surface area contributed by atoms with Crippen LogP contribution >= 0.6 is 0 Å². The van der Waals surface area contributed by atoms with Gasteiger partial charge in [0.05, 0.1) is 13.2 Å². The van der Waals surface area contributed by atoms with E-state index in [1.165, 1.54) is 5.56 Å². The average molecular weight is 542 g/mol. The number of nitrogens with zero attached hydrogens (tertiary/aromatic N) is 1. The van der Waals surface area contributed by atoms with Crippen molar-refractivity contribution in [3.63, 3.8) is 0 Å². The first kappa shape index (κ1) is 28.9. The van der Waals surface area contributed by atoms with Crippen LogP contribution in [0.25, 0.3) is 12.2 Å². The highest BCUT2D eigenvalue weighted by Crippen LogP contribution is 2.36. The van der Waals surface area contributed by atoms with Crippen molar-refractivity contribution in [1.82, 2.24) is 0 Å². The van der Waals surface area contributed by atoms with E-state index in [-0.39, 0.29) is 26.4 Å². The second kappa shape index (κ2) is 14.3. The maximum Gasteiger partial charge on any atom is 0.119 e. The smallest absolute Gasteiger partial charge is 0.119 e. The van der Waals surface area contributed by atoms with Crippen LogP contribution in [0.1, 0.15) is 16.7 Å².